The van der Waals surface area contributed by atoms with Gasteiger partial charge in [-0.3, -0.25) is 0 Å². The van der Waals surface area contributed by atoms with E-state index >= 15 is 0 Å². The molecule has 0 bridgehead atoms. The smallest absolute Gasteiger partial charge is 0.0779 e. The van der Waals surface area contributed by atoms with Gasteiger partial charge in [-0.2, -0.15) is 0 Å². The Balaban J connectivity index is 1.77. The molecule has 2 fully saturated rings. The van der Waals surface area contributed by atoms with Crippen LogP contribution < -0.4 is 5.32 Å². The van der Waals surface area contributed by atoms with E-state index in [-0.39, 0.29) is 11.2 Å². The Morgan fingerprint density at radius 1 is 1.19 bits per heavy atom. The van der Waals surface area contributed by atoms with Crippen molar-refractivity contribution in [3.63, 3.8) is 0 Å². The minimum atomic E-state index is 0.0351. The summed E-state index contributed by atoms with van der Waals surface area (Å²) in [6.45, 7) is 9.36. The lowest BCUT2D eigenvalue weighted by molar-refractivity contribution is -0.0665. The maximum Gasteiger partial charge on any atom is 0.0779 e. The van der Waals surface area contributed by atoms with Crippen LogP contribution in [-0.4, -0.2) is 37.0 Å². The van der Waals surface area contributed by atoms with Gasteiger partial charge in [-0.1, -0.05) is 0 Å². The maximum absolute atomic E-state index is 5.79. The van der Waals surface area contributed by atoms with Gasteiger partial charge < -0.3 is 14.8 Å². The predicted molar refractivity (Wildman–Crippen MR) is 64.6 cm³/mol. The van der Waals surface area contributed by atoms with Crippen molar-refractivity contribution in [1.29, 1.82) is 0 Å². The molecule has 2 rings (SSSR count). The normalized spacial score (nSPS) is 38.8. The first kappa shape index (κ1) is 12.3. The maximum atomic E-state index is 5.79. The topological polar surface area (TPSA) is 30.5 Å². The molecule has 16 heavy (non-hydrogen) atoms. The van der Waals surface area contributed by atoms with Crippen molar-refractivity contribution in [3.8, 4) is 0 Å². The van der Waals surface area contributed by atoms with Crippen LogP contribution in [0.2, 0.25) is 0 Å². The van der Waals surface area contributed by atoms with Crippen LogP contribution in [0.3, 0.4) is 0 Å². The van der Waals surface area contributed by atoms with Crippen LogP contribution in [-0.2, 0) is 9.47 Å². The average Bonchev–Trinajstić information content (AvgIpc) is 2.62. The van der Waals surface area contributed by atoms with Crippen LogP contribution in [0.4, 0.5) is 0 Å². The fraction of sp³-hybridized carbons (Fsp3) is 1.00. The lowest BCUT2D eigenvalue weighted by Crippen LogP contribution is -2.48. The van der Waals surface area contributed by atoms with E-state index in [1.807, 2.05) is 0 Å². The van der Waals surface area contributed by atoms with E-state index in [0.717, 1.165) is 32.6 Å². The summed E-state index contributed by atoms with van der Waals surface area (Å²) in [5, 5.41) is 3.65. The summed E-state index contributed by atoms with van der Waals surface area (Å²) in [7, 11) is 0. The number of ether oxygens (including phenoxy) is 2. The predicted octanol–water partition coefficient (Wildman–Crippen LogP) is 2.10. The Morgan fingerprint density at radius 2 is 2.00 bits per heavy atom. The second-order valence-electron chi connectivity index (χ2n) is 6.08. The molecule has 2 aliphatic heterocycles. The summed E-state index contributed by atoms with van der Waals surface area (Å²) in [5.41, 5.74) is 0.107. The van der Waals surface area contributed by atoms with Gasteiger partial charge in [0, 0.05) is 25.8 Å². The van der Waals surface area contributed by atoms with Crippen molar-refractivity contribution in [2.24, 2.45) is 0 Å². The molecule has 0 radical (unpaired) electrons. The standard InChI is InChI=1S/C13H25NO2/c1-12(2)9-11(5-8-15-12)14-10-13(3)6-4-7-16-13/h11,14H,4-10H2,1-3H3. The molecule has 0 aromatic heterocycles. The first-order chi connectivity index (χ1) is 7.49. The first-order valence-electron chi connectivity index (χ1n) is 6.50. The van der Waals surface area contributed by atoms with Crippen molar-refractivity contribution >= 4 is 0 Å². The molecule has 94 valence electrons. The Kier molecular flexibility index (Phi) is 3.57. The largest absolute Gasteiger partial charge is 0.375 e. The van der Waals surface area contributed by atoms with Crippen molar-refractivity contribution in [2.75, 3.05) is 19.8 Å². The molecule has 2 aliphatic rings. The van der Waals surface area contributed by atoms with Gasteiger partial charge in [0.2, 0.25) is 0 Å². The summed E-state index contributed by atoms with van der Waals surface area (Å²) in [6, 6.07) is 0.588. The van der Waals surface area contributed by atoms with Crippen molar-refractivity contribution < 1.29 is 9.47 Å². The highest BCUT2D eigenvalue weighted by Crippen LogP contribution is 2.27. The molecular weight excluding hydrogens is 202 g/mol. The molecule has 0 aromatic carbocycles. The zero-order valence-corrected chi connectivity index (χ0v) is 10.8. The van der Waals surface area contributed by atoms with Crippen molar-refractivity contribution in [2.45, 2.75) is 63.7 Å². The van der Waals surface area contributed by atoms with Gasteiger partial charge in [-0.25, -0.2) is 0 Å². The highest BCUT2D eigenvalue weighted by atomic mass is 16.5. The molecule has 0 aliphatic carbocycles. The highest BCUT2D eigenvalue weighted by Gasteiger charge is 2.33. The van der Waals surface area contributed by atoms with E-state index in [0.29, 0.717) is 6.04 Å². The molecule has 2 unspecified atom stereocenters. The quantitative estimate of drug-likeness (QED) is 0.801. The fourth-order valence-electron chi connectivity index (χ4n) is 2.74. The van der Waals surface area contributed by atoms with Crippen LogP contribution >= 0.6 is 0 Å². The zero-order chi connectivity index (χ0) is 11.6. The highest BCUT2D eigenvalue weighted by molar-refractivity contribution is 4.88. The number of hydrogen-bond acceptors (Lipinski definition) is 3. The Morgan fingerprint density at radius 3 is 2.62 bits per heavy atom. The summed E-state index contributed by atoms with van der Waals surface area (Å²) < 4.78 is 11.5. The Hall–Kier alpha value is -0.120. The third-order valence-electron chi connectivity index (χ3n) is 3.76. The molecule has 0 aromatic rings. The Labute approximate surface area is 98.9 Å². The van der Waals surface area contributed by atoms with Gasteiger partial charge in [0.05, 0.1) is 11.2 Å². The molecule has 3 nitrogen and oxygen atoms in total. The van der Waals surface area contributed by atoms with Gasteiger partial charge in [0.25, 0.3) is 0 Å². The van der Waals surface area contributed by atoms with Crippen LogP contribution in [0, 0.1) is 0 Å². The van der Waals surface area contributed by atoms with Crippen molar-refractivity contribution in [3.05, 3.63) is 0 Å². The third kappa shape index (κ3) is 3.19. The number of nitrogens with one attached hydrogen (secondary N) is 1. The van der Waals surface area contributed by atoms with Crippen LogP contribution in [0.5, 0.6) is 0 Å². The summed E-state index contributed by atoms with van der Waals surface area (Å²) in [6.07, 6.45) is 4.62. The lowest BCUT2D eigenvalue weighted by Gasteiger charge is -2.37. The van der Waals surface area contributed by atoms with Crippen LogP contribution in [0.1, 0.15) is 46.5 Å². The minimum absolute atomic E-state index is 0.0351. The van der Waals surface area contributed by atoms with E-state index in [4.69, 9.17) is 9.47 Å². The zero-order valence-electron chi connectivity index (χ0n) is 10.8. The van der Waals surface area contributed by atoms with Gasteiger partial charge in [-0.15, -0.1) is 0 Å². The third-order valence-corrected chi connectivity index (χ3v) is 3.76. The number of rotatable bonds is 3. The monoisotopic (exact) mass is 227 g/mol. The first-order valence-corrected chi connectivity index (χ1v) is 6.50. The van der Waals surface area contributed by atoms with Crippen LogP contribution in [0.15, 0.2) is 0 Å². The molecule has 2 saturated heterocycles. The van der Waals surface area contributed by atoms with Gasteiger partial charge in [-0.05, 0) is 46.5 Å². The van der Waals surface area contributed by atoms with Gasteiger partial charge in [0.1, 0.15) is 0 Å². The van der Waals surface area contributed by atoms with E-state index in [2.05, 4.69) is 26.1 Å². The summed E-state index contributed by atoms with van der Waals surface area (Å²) in [4.78, 5) is 0. The van der Waals surface area contributed by atoms with Gasteiger partial charge >= 0.3 is 0 Å². The lowest BCUT2D eigenvalue weighted by atomic mass is 9.93. The molecule has 3 heteroatoms. The Bertz CT molecular complexity index is 234. The second-order valence-corrected chi connectivity index (χ2v) is 6.08. The molecule has 2 heterocycles. The van der Waals surface area contributed by atoms with Crippen LogP contribution in [0.25, 0.3) is 0 Å². The van der Waals surface area contributed by atoms with E-state index in [9.17, 15) is 0 Å². The molecule has 0 amide bonds. The number of hydrogen-bond donors (Lipinski definition) is 1. The van der Waals surface area contributed by atoms with Gasteiger partial charge in [0.15, 0.2) is 0 Å². The molecule has 1 N–H and O–H groups in total. The minimum Gasteiger partial charge on any atom is -0.375 e. The molecular formula is C13H25NO2. The van der Waals surface area contributed by atoms with E-state index < -0.39 is 0 Å². The van der Waals surface area contributed by atoms with E-state index in [1.165, 1.54) is 12.8 Å². The van der Waals surface area contributed by atoms with E-state index in [1.54, 1.807) is 0 Å². The summed E-state index contributed by atoms with van der Waals surface area (Å²) >= 11 is 0. The SMILES string of the molecule is CC1(C)CC(NCC2(C)CCCO2)CCO1. The average molecular weight is 227 g/mol. The summed E-state index contributed by atoms with van der Waals surface area (Å²) in [5.74, 6) is 0. The fourth-order valence-corrected chi connectivity index (χ4v) is 2.74. The molecule has 2 atom stereocenters. The second kappa shape index (κ2) is 4.63. The van der Waals surface area contributed by atoms with Crippen molar-refractivity contribution in [1.82, 2.24) is 5.32 Å². The molecule has 0 spiro atoms. The molecule has 0 saturated carbocycles.